The van der Waals surface area contributed by atoms with Gasteiger partial charge < -0.3 is 10.2 Å². The molecule has 0 spiro atoms. The van der Waals surface area contributed by atoms with Crippen molar-refractivity contribution in [3.05, 3.63) is 34.5 Å². The van der Waals surface area contributed by atoms with Gasteiger partial charge >= 0.3 is 0 Å². The van der Waals surface area contributed by atoms with Crippen LogP contribution in [0.1, 0.15) is 39.7 Å². The molecule has 2 rings (SSSR count). The summed E-state index contributed by atoms with van der Waals surface area (Å²) in [6, 6.07) is 2.02. The van der Waals surface area contributed by atoms with Crippen molar-refractivity contribution in [1.82, 2.24) is 10.3 Å². The van der Waals surface area contributed by atoms with Crippen molar-refractivity contribution in [3.8, 4) is 0 Å². The highest BCUT2D eigenvalue weighted by atomic mass is 35.5. The van der Waals surface area contributed by atoms with E-state index in [2.05, 4.69) is 49.0 Å². The zero-order chi connectivity index (χ0) is 15.5. The van der Waals surface area contributed by atoms with E-state index >= 15 is 0 Å². The Morgan fingerprint density at radius 1 is 1.38 bits per heavy atom. The van der Waals surface area contributed by atoms with Crippen molar-refractivity contribution in [2.45, 2.75) is 40.7 Å². The Hall–Kier alpha value is -1.06. The third-order valence-corrected chi connectivity index (χ3v) is 4.21. The van der Waals surface area contributed by atoms with Gasteiger partial charge in [-0.15, -0.1) is 0 Å². The Kier molecular flexibility index (Phi) is 5.28. The molecule has 21 heavy (non-hydrogen) atoms. The Morgan fingerprint density at radius 3 is 2.67 bits per heavy atom. The molecule has 116 valence electrons. The van der Waals surface area contributed by atoms with Crippen molar-refractivity contribution < 1.29 is 0 Å². The highest BCUT2D eigenvalue weighted by molar-refractivity contribution is 6.33. The minimum absolute atomic E-state index is 0.263. The van der Waals surface area contributed by atoms with Gasteiger partial charge in [0.05, 0.1) is 5.02 Å². The molecule has 0 saturated heterocycles. The first-order chi connectivity index (χ1) is 9.91. The van der Waals surface area contributed by atoms with Gasteiger partial charge in [0.25, 0.3) is 0 Å². The summed E-state index contributed by atoms with van der Waals surface area (Å²) in [5.41, 5.74) is 2.92. The Balaban J connectivity index is 2.08. The second-order valence-corrected chi connectivity index (χ2v) is 7.01. The van der Waals surface area contributed by atoms with Crippen molar-refractivity contribution in [1.29, 1.82) is 0 Å². The Bertz CT molecular complexity index is 517. The molecule has 3 nitrogen and oxygen atoms in total. The average molecular weight is 308 g/mol. The summed E-state index contributed by atoms with van der Waals surface area (Å²) in [5.74, 6) is 0.904. The number of aromatic nitrogens is 1. The highest BCUT2D eigenvalue weighted by Crippen LogP contribution is 2.32. The molecule has 0 aliphatic carbocycles. The first-order valence-corrected chi connectivity index (χ1v) is 8.09. The van der Waals surface area contributed by atoms with Crippen LogP contribution in [-0.4, -0.2) is 24.6 Å². The zero-order valence-electron chi connectivity index (χ0n) is 13.5. The minimum atomic E-state index is 0.263. The van der Waals surface area contributed by atoms with E-state index in [1.54, 1.807) is 0 Å². The van der Waals surface area contributed by atoms with E-state index in [0.29, 0.717) is 0 Å². The van der Waals surface area contributed by atoms with Gasteiger partial charge in [0, 0.05) is 25.8 Å². The molecule has 1 aliphatic rings. The molecule has 1 N–H and O–H groups in total. The van der Waals surface area contributed by atoms with Crippen molar-refractivity contribution in [2.75, 3.05) is 24.5 Å². The number of hydrogen-bond acceptors (Lipinski definition) is 3. The molecule has 0 amide bonds. The van der Waals surface area contributed by atoms with Gasteiger partial charge in [-0.25, -0.2) is 4.98 Å². The number of anilines is 1. The molecule has 1 aliphatic heterocycles. The predicted molar refractivity (Wildman–Crippen MR) is 91.0 cm³/mol. The van der Waals surface area contributed by atoms with Crippen LogP contribution in [-0.2, 0) is 6.54 Å². The second-order valence-electron chi connectivity index (χ2n) is 6.60. The van der Waals surface area contributed by atoms with Crippen LogP contribution in [0, 0.1) is 5.41 Å². The van der Waals surface area contributed by atoms with Crippen LogP contribution in [0.4, 0.5) is 5.82 Å². The molecular formula is C17H26ClN3. The molecule has 2 heterocycles. The lowest BCUT2D eigenvalue weighted by molar-refractivity contribution is 0.472. The molecule has 0 atom stereocenters. The largest absolute Gasteiger partial charge is 0.351 e. The van der Waals surface area contributed by atoms with E-state index in [1.165, 1.54) is 5.57 Å². The van der Waals surface area contributed by atoms with Gasteiger partial charge in [-0.3, -0.25) is 0 Å². The number of nitrogens with zero attached hydrogens (tertiary/aromatic N) is 2. The van der Waals surface area contributed by atoms with E-state index in [1.807, 2.05) is 12.3 Å². The molecular weight excluding hydrogens is 282 g/mol. The second kappa shape index (κ2) is 6.80. The standard InChI is InChI=1S/C17H26ClN3/c1-5-19-11-13-10-15(18)16(20-12-13)21-8-6-14(7-9-21)17(2,3)4/h6,10,12,19H,5,7-9,11H2,1-4H3. The quantitative estimate of drug-likeness (QED) is 0.851. The summed E-state index contributed by atoms with van der Waals surface area (Å²) in [5, 5.41) is 4.04. The highest BCUT2D eigenvalue weighted by Gasteiger charge is 2.22. The van der Waals surface area contributed by atoms with E-state index in [-0.39, 0.29) is 5.41 Å². The van der Waals surface area contributed by atoms with Crippen LogP contribution in [0.3, 0.4) is 0 Å². The van der Waals surface area contributed by atoms with Crippen molar-refractivity contribution >= 4 is 17.4 Å². The zero-order valence-corrected chi connectivity index (χ0v) is 14.3. The van der Waals surface area contributed by atoms with E-state index < -0.39 is 0 Å². The van der Waals surface area contributed by atoms with Crippen LogP contribution in [0.2, 0.25) is 5.02 Å². The fourth-order valence-electron chi connectivity index (χ4n) is 2.61. The maximum absolute atomic E-state index is 6.42. The normalized spacial score (nSPS) is 16.0. The molecule has 0 unspecified atom stereocenters. The van der Waals surface area contributed by atoms with Crippen LogP contribution in [0.15, 0.2) is 23.9 Å². The van der Waals surface area contributed by atoms with E-state index in [0.717, 1.165) is 49.0 Å². The SMILES string of the molecule is CCNCc1cnc(N2CC=C(C(C)(C)C)CC2)c(Cl)c1. The summed E-state index contributed by atoms with van der Waals surface area (Å²) >= 11 is 6.42. The van der Waals surface area contributed by atoms with Gasteiger partial charge in [-0.05, 0) is 30.0 Å². The topological polar surface area (TPSA) is 28.2 Å². The predicted octanol–water partition coefficient (Wildman–Crippen LogP) is 4.03. The van der Waals surface area contributed by atoms with Crippen molar-refractivity contribution in [2.24, 2.45) is 5.41 Å². The summed E-state index contributed by atoms with van der Waals surface area (Å²) in [4.78, 5) is 6.83. The first-order valence-electron chi connectivity index (χ1n) is 7.71. The number of rotatable bonds is 4. The van der Waals surface area contributed by atoms with Gasteiger partial charge in [-0.2, -0.15) is 0 Å². The lowest BCUT2D eigenvalue weighted by Crippen LogP contribution is -2.32. The summed E-state index contributed by atoms with van der Waals surface area (Å²) < 4.78 is 0. The lowest BCUT2D eigenvalue weighted by atomic mass is 9.83. The first kappa shape index (κ1) is 16.3. The molecule has 1 aromatic rings. The average Bonchev–Trinajstić information content (AvgIpc) is 2.44. The Morgan fingerprint density at radius 2 is 2.14 bits per heavy atom. The lowest BCUT2D eigenvalue weighted by Gasteiger charge is -2.33. The maximum atomic E-state index is 6.42. The molecule has 0 saturated carbocycles. The fourth-order valence-corrected chi connectivity index (χ4v) is 2.92. The summed E-state index contributed by atoms with van der Waals surface area (Å²) in [6.07, 6.45) is 5.33. The van der Waals surface area contributed by atoms with Gasteiger partial charge in [0.2, 0.25) is 0 Å². The van der Waals surface area contributed by atoms with Crippen LogP contribution >= 0.6 is 11.6 Å². The maximum Gasteiger partial charge on any atom is 0.147 e. The smallest absolute Gasteiger partial charge is 0.147 e. The fraction of sp³-hybridized carbons (Fsp3) is 0.588. The number of pyridine rings is 1. The number of halogens is 1. The summed E-state index contributed by atoms with van der Waals surface area (Å²) in [6.45, 7) is 12.6. The molecule has 0 aromatic carbocycles. The monoisotopic (exact) mass is 307 g/mol. The van der Waals surface area contributed by atoms with Crippen LogP contribution < -0.4 is 10.2 Å². The van der Waals surface area contributed by atoms with Gasteiger partial charge in [-0.1, -0.05) is 50.9 Å². The molecule has 0 bridgehead atoms. The number of nitrogens with one attached hydrogen (secondary N) is 1. The van der Waals surface area contributed by atoms with E-state index in [4.69, 9.17) is 11.6 Å². The third-order valence-electron chi connectivity index (χ3n) is 3.93. The van der Waals surface area contributed by atoms with Crippen LogP contribution in [0.25, 0.3) is 0 Å². The third kappa shape index (κ3) is 4.21. The molecule has 0 radical (unpaired) electrons. The van der Waals surface area contributed by atoms with Gasteiger partial charge in [0.15, 0.2) is 0 Å². The van der Waals surface area contributed by atoms with Crippen LogP contribution in [0.5, 0.6) is 0 Å². The van der Waals surface area contributed by atoms with E-state index in [9.17, 15) is 0 Å². The Labute approximate surface area is 133 Å². The summed E-state index contributed by atoms with van der Waals surface area (Å²) in [7, 11) is 0. The molecule has 1 aromatic heterocycles. The minimum Gasteiger partial charge on any atom is -0.351 e. The van der Waals surface area contributed by atoms with Gasteiger partial charge in [0.1, 0.15) is 5.82 Å². The van der Waals surface area contributed by atoms with Crippen molar-refractivity contribution in [3.63, 3.8) is 0 Å². The number of hydrogen-bond donors (Lipinski definition) is 1. The molecule has 4 heteroatoms. The molecule has 0 fully saturated rings.